The van der Waals surface area contributed by atoms with Gasteiger partial charge in [0.05, 0.1) is 6.10 Å². The standard InChI is InChI=1S/C16H18ClNO/c1-18(11-13-7-3-2-4-8-13)12-16(19)14-9-5-6-10-15(14)17/h2-10,16,19H,11-12H2,1H3. The Morgan fingerprint density at radius 3 is 2.37 bits per heavy atom. The third-order valence-corrected chi connectivity index (χ3v) is 3.39. The third kappa shape index (κ3) is 4.06. The van der Waals surface area contributed by atoms with Gasteiger partial charge >= 0.3 is 0 Å². The summed E-state index contributed by atoms with van der Waals surface area (Å²) < 4.78 is 0. The van der Waals surface area contributed by atoms with Crippen molar-refractivity contribution >= 4 is 11.6 Å². The van der Waals surface area contributed by atoms with Gasteiger partial charge in [0.15, 0.2) is 0 Å². The first kappa shape index (κ1) is 14.1. The van der Waals surface area contributed by atoms with E-state index in [4.69, 9.17) is 11.6 Å². The van der Waals surface area contributed by atoms with Crippen molar-refractivity contribution in [3.63, 3.8) is 0 Å². The average molecular weight is 276 g/mol. The molecule has 2 nitrogen and oxygen atoms in total. The second kappa shape index (κ2) is 6.71. The van der Waals surface area contributed by atoms with Gasteiger partial charge in [0, 0.05) is 23.7 Å². The summed E-state index contributed by atoms with van der Waals surface area (Å²) in [4.78, 5) is 2.09. The molecule has 0 aliphatic heterocycles. The van der Waals surface area contributed by atoms with Crippen LogP contribution in [-0.4, -0.2) is 23.6 Å². The van der Waals surface area contributed by atoms with Crippen molar-refractivity contribution < 1.29 is 5.11 Å². The summed E-state index contributed by atoms with van der Waals surface area (Å²) in [6.45, 7) is 1.36. The molecule has 100 valence electrons. The maximum Gasteiger partial charge on any atom is 0.0931 e. The van der Waals surface area contributed by atoms with Crippen LogP contribution in [-0.2, 0) is 6.54 Å². The molecular weight excluding hydrogens is 258 g/mol. The first-order chi connectivity index (χ1) is 9.16. The molecule has 0 saturated carbocycles. The van der Waals surface area contributed by atoms with E-state index >= 15 is 0 Å². The van der Waals surface area contributed by atoms with Crippen molar-refractivity contribution in [1.29, 1.82) is 0 Å². The lowest BCUT2D eigenvalue weighted by Crippen LogP contribution is -2.24. The van der Waals surface area contributed by atoms with Gasteiger partial charge in [-0.1, -0.05) is 60.1 Å². The zero-order valence-electron chi connectivity index (χ0n) is 11.0. The monoisotopic (exact) mass is 275 g/mol. The predicted octanol–water partition coefficient (Wildman–Crippen LogP) is 3.51. The summed E-state index contributed by atoms with van der Waals surface area (Å²) in [5.41, 5.74) is 2.01. The van der Waals surface area contributed by atoms with Crippen molar-refractivity contribution in [2.75, 3.05) is 13.6 Å². The molecule has 1 unspecified atom stereocenters. The molecule has 0 heterocycles. The van der Waals surface area contributed by atoms with E-state index < -0.39 is 6.10 Å². The van der Waals surface area contributed by atoms with Crippen molar-refractivity contribution in [3.05, 3.63) is 70.7 Å². The molecule has 1 atom stereocenters. The molecule has 0 aliphatic rings. The molecule has 0 aromatic heterocycles. The molecule has 0 radical (unpaired) electrons. The van der Waals surface area contributed by atoms with Gasteiger partial charge in [0.2, 0.25) is 0 Å². The number of benzene rings is 2. The highest BCUT2D eigenvalue weighted by atomic mass is 35.5. The molecule has 19 heavy (non-hydrogen) atoms. The maximum atomic E-state index is 10.2. The van der Waals surface area contributed by atoms with Crippen LogP contribution in [0.15, 0.2) is 54.6 Å². The highest BCUT2D eigenvalue weighted by Gasteiger charge is 2.13. The van der Waals surface area contributed by atoms with Gasteiger partial charge in [-0.05, 0) is 18.7 Å². The average Bonchev–Trinajstić information content (AvgIpc) is 2.40. The van der Waals surface area contributed by atoms with Gasteiger partial charge in [-0.15, -0.1) is 0 Å². The van der Waals surface area contributed by atoms with Gasteiger partial charge in [-0.25, -0.2) is 0 Å². The summed E-state index contributed by atoms with van der Waals surface area (Å²) in [5, 5.41) is 10.8. The minimum absolute atomic E-state index is 0.554. The zero-order valence-corrected chi connectivity index (χ0v) is 11.7. The number of hydrogen-bond acceptors (Lipinski definition) is 2. The smallest absolute Gasteiger partial charge is 0.0931 e. The molecule has 0 spiro atoms. The molecule has 0 amide bonds. The fraction of sp³-hybridized carbons (Fsp3) is 0.250. The summed E-state index contributed by atoms with van der Waals surface area (Å²) >= 11 is 6.08. The zero-order chi connectivity index (χ0) is 13.7. The largest absolute Gasteiger partial charge is 0.387 e. The number of halogens is 1. The maximum absolute atomic E-state index is 10.2. The van der Waals surface area contributed by atoms with E-state index in [1.165, 1.54) is 5.56 Å². The number of aliphatic hydroxyl groups is 1. The molecule has 2 aromatic carbocycles. The predicted molar refractivity (Wildman–Crippen MR) is 79.2 cm³/mol. The lowest BCUT2D eigenvalue weighted by molar-refractivity contribution is 0.124. The van der Waals surface area contributed by atoms with Crippen LogP contribution in [0.4, 0.5) is 0 Å². The fourth-order valence-corrected chi connectivity index (χ4v) is 2.36. The summed E-state index contributed by atoms with van der Waals surface area (Å²) in [7, 11) is 1.99. The highest BCUT2D eigenvalue weighted by molar-refractivity contribution is 6.31. The minimum atomic E-state index is -0.567. The lowest BCUT2D eigenvalue weighted by atomic mass is 10.1. The minimum Gasteiger partial charge on any atom is -0.387 e. The first-order valence-corrected chi connectivity index (χ1v) is 6.69. The first-order valence-electron chi connectivity index (χ1n) is 6.32. The van der Waals surface area contributed by atoms with Gasteiger partial charge in [0.1, 0.15) is 0 Å². The van der Waals surface area contributed by atoms with Crippen LogP contribution in [0.2, 0.25) is 5.02 Å². The van der Waals surface area contributed by atoms with E-state index in [2.05, 4.69) is 17.0 Å². The normalized spacial score (nSPS) is 12.6. The summed E-state index contributed by atoms with van der Waals surface area (Å²) in [6.07, 6.45) is -0.567. The van der Waals surface area contributed by atoms with Crippen molar-refractivity contribution in [2.24, 2.45) is 0 Å². The second-order valence-electron chi connectivity index (χ2n) is 4.72. The van der Waals surface area contributed by atoms with E-state index in [1.807, 2.05) is 43.4 Å². The Bertz CT molecular complexity index is 515. The number of rotatable bonds is 5. The number of likely N-dealkylation sites (N-methyl/N-ethyl adjacent to an activating group) is 1. The van der Waals surface area contributed by atoms with Crippen molar-refractivity contribution in [2.45, 2.75) is 12.6 Å². The molecule has 2 aromatic rings. The van der Waals surface area contributed by atoms with E-state index in [9.17, 15) is 5.11 Å². The number of hydrogen-bond donors (Lipinski definition) is 1. The quantitative estimate of drug-likeness (QED) is 0.903. The van der Waals surface area contributed by atoms with E-state index in [-0.39, 0.29) is 0 Å². The molecule has 0 aliphatic carbocycles. The Labute approximate surface area is 119 Å². The SMILES string of the molecule is CN(Cc1ccccc1)CC(O)c1ccccc1Cl. The van der Waals surface area contributed by atoms with Crippen LogP contribution in [0.3, 0.4) is 0 Å². The van der Waals surface area contributed by atoms with Gasteiger partial charge < -0.3 is 5.11 Å². The second-order valence-corrected chi connectivity index (χ2v) is 5.13. The van der Waals surface area contributed by atoms with Gasteiger partial charge in [0.25, 0.3) is 0 Å². The number of nitrogens with zero attached hydrogens (tertiary/aromatic N) is 1. The molecule has 1 N–H and O–H groups in total. The molecule has 0 saturated heterocycles. The van der Waals surface area contributed by atoms with Crippen molar-refractivity contribution in [1.82, 2.24) is 4.90 Å². The molecule has 3 heteroatoms. The summed E-state index contributed by atoms with van der Waals surface area (Å²) in [5.74, 6) is 0. The van der Waals surface area contributed by atoms with Gasteiger partial charge in [-0.2, -0.15) is 0 Å². The van der Waals surface area contributed by atoms with E-state index in [0.717, 1.165) is 12.1 Å². The molecule has 2 rings (SSSR count). The molecule has 0 fully saturated rings. The third-order valence-electron chi connectivity index (χ3n) is 3.04. The Kier molecular flexibility index (Phi) is 4.97. The van der Waals surface area contributed by atoms with Crippen LogP contribution in [0, 0.1) is 0 Å². The van der Waals surface area contributed by atoms with E-state index in [1.54, 1.807) is 6.07 Å². The van der Waals surface area contributed by atoms with Crippen molar-refractivity contribution in [3.8, 4) is 0 Å². The topological polar surface area (TPSA) is 23.5 Å². The molecule has 0 bridgehead atoms. The van der Waals surface area contributed by atoms with Crippen LogP contribution >= 0.6 is 11.6 Å². The van der Waals surface area contributed by atoms with Crippen LogP contribution in [0.25, 0.3) is 0 Å². The summed E-state index contributed by atoms with van der Waals surface area (Å²) in [6, 6.07) is 17.6. The van der Waals surface area contributed by atoms with E-state index in [0.29, 0.717) is 11.6 Å². The molecular formula is C16H18ClNO. The van der Waals surface area contributed by atoms with Crippen LogP contribution < -0.4 is 0 Å². The van der Waals surface area contributed by atoms with Crippen LogP contribution in [0.1, 0.15) is 17.2 Å². The van der Waals surface area contributed by atoms with Crippen LogP contribution in [0.5, 0.6) is 0 Å². The Morgan fingerprint density at radius 2 is 1.68 bits per heavy atom. The Hall–Kier alpha value is -1.35. The Morgan fingerprint density at radius 1 is 1.05 bits per heavy atom. The lowest BCUT2D eigenvalue weighted by Gasteiger charge is -2.21. The Balaban J connectivity index is 1.96. The van der Waals surface area contributed by atoms with Gasteiger partial charge in [-0.3, -0.25) is 4.90 Å². The number of aliphatic hydroxyl groups excluding tert-OH is 1. The highest BCUT2D eigenvalue weighted by Crippen LogP contribution is 2.23. The fourth-order valence-electron chi connectivity index (χ4n) is 2.10.